The van der Waals surface area contributed by atoms with Gasteiger partial charge < -0.3 is 14.7 Å². The summed E-state index contributed by atoms with van der Waals surface area (Å²) >= 11 is 0. The molecule has 0 saturated heterocycles. The average Bonchev–Trinajstić information content (AvgIpc) is 2.83. The van der Waals surface area contributed by atoms with Gasteiger partial charge in [0.25, 0.3) is 0 Å². The highest BCUT2D eigenvalue weighted by Gasteiger charge is 2.12. The van der Waals surface area contributed by atoms with E-state index in [4.69, 9.17) is 0 Å². The highest BCUT2D eigenvalue weighted by Crippen LogP contribution is 2.18. The van der Waals surface area contributed by atoms with Crippen molar-refractivity contribution < 1.29 is 0 Å². The van der Waals surface area contributed by atoms with Crippen molar-refractivity contribution in [3.8, 4) is 18.6 Å². The lowest BCUT2D eigenvalue weighted by Gasteiger charge is -2.21. The summed E-state index contributed by atoms with van der Waals surface area (Å²) in [6.07, 6.45) is 6.88. The molecular formula is C27H24N6. The summed E-state index contributed by atoms with van der Waals surface area (Å²) in [4.78, 5) is 5.16. The van der Waals surface area contributed by atoms with E-state index in [-0.39, 0.29) is 0 Å². The third-order valence-electron chi connectivity index (χ3n) is 5.64. The van der Waals surface area contributed by atoms with Gasteiger partial charge in [-0.2, -0.15) is 15.8 Å². The molecule has 6 heteroatoms. The molecule has 0 atom stereocenters. The fourth-order valence-electron chi connectivity index (χ4n) is 4.18. The zero-order valence-corrected chi connectivity index (χ0v) is 18.4. The largest absolute Gasteiger partial charge is 0.302 e. The van der Waals surface area contributed by atoms with Crippen molar-refractivity contribution in [3.63, 3.8) is 0 Å². The Labute approximate surface area is 194 Å². The molecule has 0 N–H and O–H groups in total. The van der Waals surface area contributed by atoms with E-state index in [0.717, 1.165) is 33.4 Å². The van der Waals surface area contributed by atoms with Gasteiger partial charge in [0, 0.05) is 0 Å². The lowest BCUT2D eigenvalue weighted by Crippen LogP contribution is -2.20. The van der Waals surface area contributed by atoms with E-state index in [2.05, 4.69) is 36.8 Å². The molecule has 3 aromatic carbocycles. The molecule has 0 saturated carbocycles. The minimum absolute atomic E-state index is 0.494. The number of rotatable bonds is 0. The molecule has 1 aliphatic heterocycles. The maximum absolute atomic E-state index is 9.72. The SMILES string of the molecule is N#CN1Cc2cccc(c2)CN(C#N)Cc2cccc(c2)CN(C#N)Cc2cccc(c2)C1. The van der Waals surface area contributed by atoms with Gasteiger partial charge in [0.15, 0.2) is 18.6 Å². The maximum atomic E-state index is 9.72. The van der Waals surface area contributed by atoms with Crippen molar-refractivity contribution in [1.29, 1.82) is 15.8 Å². The van der Waals surface area contributed by atoms with Gasteiger partial charge in [0.2, 0.25) is 0 Å². The van der Waals surface area contributed by atoms with E-state index in [9.17, 15) is 15.8 Å². The fourth-order valence-corrected chi connectivity index (χ4v) is 4.18. The highest BCUT2D eigenvalue weighted by molar-refractivity contribution is 5.28. The molecule has 6 nitrogen and oxygen atoms in total. The molecule has 0 spiro atoms. The standard InChI is InChI=1S/C27H24N6/c28-19-31-13-22-4-1-5-23(10-22)14-32(20-29)16-25-7-3-9-27(12-25)18-33(21-30)17-26-8-2-6-24(11-26)15-31/h1-12H,13-18H2. The van der Waals surface area contributed by atoms with E-state index in [1.165, 1.54) is 0 Å². The third kappa shape index (κ3) is 5.82. The lowest BCUT2D eigenvalue weighted by atomic mass is 10.1. The molecule has 0 aliphatic carbocycles. The van der Waals surface area contributed by atoms with Crippen LogP contribution in [0.4, 0.5) is 0 Å². The summed E-state index contributed by atoms with van der Waals surface area (Å²) in [7, 11) is 0. The van der Waals surface area contributed by atoms with Crippen LogP contribution in [0.1, 0.15) is 33.4 Å². The monoisotopic (exact) mass is 432 g/mol. The predicted octanol–water partition coefficient (Wildman–Crippen LogP) is 4.45. The first-order chi connectivity index (χ1) is 16.1. The number of nitriles is 3. The summed E-state index contributed by atoms with van der Waals surface area (Å²) in [5, 5.41) is 29.1. The van der Waals surface area contributed by atoms with Crippen molar-refractivity contribution in [2.24, 2.45) is 0 Å². The summed E-state index contributed by atoms with van der Waals surface area (Å²) in [5.41, 5.74) is 6.18. The molecule has 3 aromatic rings. The minimum atomic E-state index is 0.494. The molecule has 0 unspecified atom stereocenters. The van der Waals surface area contributed by atoms with Gasteiger partial charge in [0.05, 0.1) is 39.3 Å². The second-order valence-electron chi connectivity index (χ2n) is 8.33. The van der Waals surface area contributed by atoms with Crippen LogP contribution in [-0.4, -0.2) is 14.7 Å². The van der Waals surface area contributed by atoms with Crippen LogP contribution in [0.25, 0.3) is 0 Å². The normalized spacial score (nSPS) is 14.3. The Morgan fingerprint density at radius 1 is 0.424 bits per heavy atom. The van der Waals surface area contributed by atoms with Gasteiger partial charge in [-0.25, -0.2) is 0 Å². The Balaban J connectivity index is 1.70. The quantitative estimate of drug-likeness (QED) is 0.488. The Morgan fingerprint density at radius 2 is 0.636 bits per heavy atom. The number of fused-ring (bicyclic) bond motifs is 6. The zero-order valence-electron chi connectivity index (χ0n) is 18.4. The second kappa shape index (κ2) is 10.2. The van der Waals surface area contributed by atoms with Gasteiger partial charge >= 0.3 is 0 Å². The predicted molar refractivity (Wildman–Crippen MR) is 124 cm³/mol. The fraction of sp³-hybridized carbons (Fsp3) is 0.222. The second-order valence-corrected chi connectivity index (χ2v) is 8.33. The molecular weight excluding hydrogens is 408 g/mol. The molecule has 0 amide bonds. The van der Waals surface area contributed by atoms with Gasteiger partial charge in [-0.05, 0) is 33.4 Å². The molecule has 33 heavy (non-hydrogen) atoms. The van der Waals surface area contributed by atoms with Crippen molar-refractivity contribution >= 4 is 0 Å². The molecule has 4 rings (SSSR count). The van der Waals surface area contributed by atoms with E-state index in [0.29, 0.717) is 39.3 Å². The third-order valence-corrected chi connectivity index (χ3v) is 5.64. The number of nitrogens with zero attached hydrogens (tertiary/aromatic N) is 6. The molecule has 0 aromatic heterocycles. The van der Waals surface area contributed by atoms with Crippen LogP contribution in [-0.2, 0) is 39.3 Å². The minimum Gasteiger partial charge on any atom is -0.302 e. The van der Waals surface area contributed by atoms with Gasteiger partial charge in [0.1, 0.15) is 0 Å². The Kier molecular flexibility index (Phi) is 6.74. The van der Waals surface area contributed by atoms with Gasteiger partial charge in [-0.3, -0.25) is 0 Å². The van der Waals surface area contributed by atoms with Crippen LogP contribution in [0.15, 0.2) is 72.8 Å². The Hall–Kier alpha value is -4.47. The first kappa shape index (κ1) is 21.8. The summed E-state index contributed by atoms with van der Waals surface area (Å²) in [6.45, 7) is 2.96. The lowest BCUT2D eigenvalue weighted by molar-refractivity contribution is 0.366. The van der Waals surface area contributed by atoms with E-state index < -0.39 is 0 Å². The molecule has 0 radical (unpaired) electrons. The molecule has 1 heterocycles. The van der Waals surface area contributed by atoms with Crippen LogP contribution in [0, 0.1) is 34.4 Å². The summed E-state index contributed by atoms with van der Waals surface area (Å²) in [6, 6.07) is 24.2. The summed E-state index contributed by atoms with van der Waals surface area (Å²) < 4.78 is 0. The summed E-state index contributed by atoms with van der Waals surface area (Å²) in [5.74, 6) is 0. The van der Waals surface area contributed by atoms with Crippen molar-refractivity contribution in [2.45, 2.75) is 39.3 Å². The molecule has 1 aliphatic rings. The van der Waals surface area contributed by atoms with Gasteiger partial charge in [-0.15, -0.1) is 0 Å². The van der Waals surface area contributed by atoms with Crippen molar-refractivity contribution in [1.82, 2.24) is 14.7 Å². The van der Waals surface area contributed by atoms with Crippen LogP contribution in [0.3, 0.4) is 0 Å². The maximum Gasteiger partial charge on any atom is 0.179 e. The van der Waals surface area contributed by atoms with Gasteiger partial charge in [-0.1, -0.05) is 72.8 Å². The van der Waals surface area contributed by atoms with Crippen molar-refractivity contribution in [2.75, 3.05) is 0 Å². The van der Waals surface area contributed by atoms with Crippen LogP contribution < -0.4 is 0 Å². The Morgan fingerprint density at radius 3 is 0.818 bits per heavy atom. The van der Waals surface area contributed by atoms with Crippen LogP contribution in [0.2, 0.25) is 0 Å². The Bertz CT molecular complexity index is 1030. The zero-order chi connectivity index (χ0) is 23.0. The van der Waals surface area contributed by atoms with Crippen LogP contribution >= 0.6 is 0 Å². The molecule has 162 valence electrons. The van der Waals surface area contributed by atoms with E-state index in [1.807, 2.05) is 54.6 Å². The topological polar surface area (TPSA) is 81.1 Å². The van der Waals surface area contributed by atoms with Crippen LogP contribution in [0.5, 0.6) is 0 Å². The number of hydrogen-bond acceptors (Lipinski definition) is 6. The van der Waals surface area contributed by atoms with Crippen molar-refractivity contribution in [3.05, 3.63) is 106 Å². The van der Waals surface area contributed by atoms with E-state index in [1.54, 1.807) is 14.7 Å². The smallest absolute Gasteiger partial charge is 0.179 e. The first-order valence-electron chi connectivity index (χ1n) is 10.8. The number of hydrogen-bond donors (Lipinski definition) is 0. The first-order valence-corrected chi connectivity index (χ1v) is 10.8. The number of benzene rings is 3. The highest BCUT2D eigenvalue weighted by atomic mass is 15.1. The van der Waals surface area contributed by atoms with E-state index >= 15 is 0 Å². The molecule has 6 bridgehead atoms. The average molecular weight is 433 g/mol. The molecule has 0 fully saturated rings.